The molecule has 2 aromatic carbocycles. The summed E-state index contributed by atoms with van der Waals surface area (Å²) in [5.74, 6) is 0.0697. The number of benzene rings is 2. The molecule has 0 saturated carbocycles. The third-order valence-corrected chi connectivity index (χ3v) is 3.60. The van der Waals surface area contributed by atoms with Crippen LogP contribution in [0, 0.1) is 0 Å². The second-order valence-corrected chi connectivity index (χ2v) is 5.54. The minimum absolute atomic E-state index is 0.187. The molecule has 0 spiro atoms. The van der Waals surface area contributed by atoms with E-state index < -0.39 is 12.0 Å². The van der Waals surface area contributed by atoms with E-state index in [9.17, 15) is 9.59 Å². The SMILES string of the molecule is C[C@@H](Oc1ccccc1)C(=O)Nc1ccccc1NC(=O)c1ccco1. The highest BCUT2D eigenvalue weighted by Gasteiger charge is 2.17. The summed E-state index contributed by atoms with van der Waals surface area (Å²) in [7, 11) is 0. The second-order valence-electron chi connectivity index (χ2n) is 5.54. The molecule has 2 N–H and O–H groups in total. The minimum atomic E-state index is -0.703. The summed E-state index contributed by atoms with van der Waals surface area (Å²) in [6, 6.07) is 19.2. The lowest BCUT2D eigenvalue weighted by atomic mass is 10.2. The zero-order chi connectivity index (χ0) is 18.4. The number of rotatable bonds is 6. The van der Waals surface area contributed by atoms with Crippen LogP contribution in [0.5, 0.6) is 5.75 Å². The van der Waals surface area contributed by atoms with E-state index in [2.05, 4.69) is 10.6 Å². The average molecular weight is 350 g/mol. The van der Waals surface area contributed by atoms with Crippen molar-refractivity contribution in [1.82, 2.24) is 0 Å². The van der Waals surface area contributed by atoms with Crippen LogP contribution in [0.25, 0.3) is 0 Å². The molecule has 0 fully saturated rings. The van der Waals surface area contributed by atoms with Gasteiger partial charge < -0.3 is 19.8 Å². The largest absolute Gasteiger partial charge is 0.481 e. The Hall–Kier alpha value is -3.54. The molecular weight excluding hydrogens is 332 g/mol. The molecule has 0 aliphatic heterocycles. The molecule has 0 radical (unpaired) electrons. The normalized spacial score (nSPS) is 11.4. The number of furan rings is 1. The van der Waals surface area contributed by atoms with Crippen LogP contribution < -0.4 is 15.4 Å². The number of carbonyl (C=O) groups is 2. The van der Waals surface area contributed by atoms with Gasteiger partial charge in [0.25, 0.3) is 11.8 Å². The van der Waals surface area contributed by atoms with Crippen molar-refractivity contribution in [3.05, 3.63) is 78.8 Å². The van der Waals surface area contributed by atoms with Gasteiger partial charge in [0.05, 0.1) is 17.6 Å². The van der Waals surface area contributed by atoms with Gasteiger partial charge in [-0.05, 0) is 43.3 Å². The molecule has 0 aliphatic rings. The summed E-state index contributed by atoms with van der Waals surface area (Å²) in [6.07, 6.45) is 0.719. The summed E-state index contributed by atoms with van der Waals surface area (Å²) >= 11 is 0. The van der Waals surface area contributed by atoms with Gasteiger partial charge >= 0.3 is 0 Å². The maximum Gasteiger partial charge on any atom is 0.291 e. The molecule has 6 nitrogen and oxygen atoms in total. The van der Waals surface area contributed by atoms with E-state index >= 15 is 0 Å². The van der Waals surface area contributed by atoms with E-state index in [0.717, 1.165) is 0 Å². The van der Waals surface area contributed by atoms with Crippen molar-refractivity contribution in [3.63, 3.8) is 0 Å². The van der Waals surface area contributed by atoms with Gasteiger partial charge in [-0.1, -0.05) is 30.3 Å². The molecule has 26 heavy (non-hydrogen) atoms. The zero-order valence-corrected chi connectivity index (χ0v) is 14.1. The fraction of sp³-hybridized carbons (Fsp3) is 0.100. The minimum Gasteiger partial charge on any atom is -0.481 e. The quantitative estimate of drug-likeness (QED) is 0.706. The highest BCUT2D eigenvalue weighted by molar-refractivity contribution is 6.06. The summed E-state index contributed by atoms with van der Waals surface area (Å²) in [5, 5.41) is 5.49. The van der Waals surface area contributed by atoms with Crippen molar-refractivity contribution in [2.45, 2.75) is 13.0 Å². The Labute approximate surface area is 150 Å². The molecule has 0 bridgehead atoms. The molecule has 0 aliphatic carbocycles. The first kappa shape index (κ1) is 17.3. The van der Waals surface area contributed by atoms with E-state index in [0.29, 0.717) is 17.1 Å². The van der Waals surface area contributed by atoms with Gasteiger partial charge in [-0.25, -0.2) is 0 Å². The molecule has 2 amide bonds. The fourth-order valence-electron chi connectivity index (χ4n) is 2.28. The summed E-state index contributed by atoms with van der Waals surface area (Å²) in [4.78, 5) is 24.6. The Bertz CT molecular complexity index is 876. The Morgan fingerprint density at radius 1 is 0.885 bits per heavy atom. The molecule has 3 aromatic rings. The molecule has 6 heteroatoms. The molecule has 132 valence electrons. The number of amides is 2. The van der Waals surface area contributed by atoms with Crippen LogP contribution in [0.15, 0.2) is 77.4 Å². The number of anilines is 2. The van der Waals surface area contributed by atoms with Crippen molar-refractivity contribution in [1.29, 1.82) is 0 Å². The number of nitrogens with one attached hydrogen (secondary N) is 2. The van der Waals surface area contributed by atoms with Crippen LogP contribution >= 0.6 is 0 Å². The summed E-state index contributed by atoms with van der Waals surface area (Å²) < 4.78 is 10.7. The molecule has 1 atom stereocenters. The van der Waals surface area contributed by atoms with Crippen LogP contribution in [0.1, 0.15) is 17.5 Å². The van der Waals surface area contributed by atoms with Crippen molar-refractivity contribution >= 4 is 23.2 Å². The third kappa shape index (κ3) is 4.30. The van der Waals surface area contributed by atoms with E-state index in [-0.39, 0.29) is 11.7 Å². The van der Waals surface area contributed by atoms with E-state index in [1.165, 1.54) is 6.26 Å². The Kier molecular flexibility index (Phi) is 5.34. The maximum atomic E-state index is 12.4. The van der Waals surface area contributed by atoms with Crippen LogP contribution in [0.3, 0.4) is 0 Å². The molecule has 1 heterocycles. The fourth-order valence-corrected chi connectivity index (χ4v) is 2.28. The lowest BCUT2D eigenvalue weighted by Crippen LogP contribution is -2.30. The van der Waals surface area contributed by atoms with Crippen molar-refractivity contribution in [3.8, 4) is 5.75 Å². The first-order chi connectivity index (χ1) is 12.6. The van der Waals surface area contributed by atoms with Gasteiger partial charge in [0, 0.05) is 0 Å². The van der Waals surface area contributed by atoms with Gasteiger partial charge in [0.1, 0.15) is 5.75 Å². The lowest BCUT2D eigenvalue weighted by Gasteiger charge is -2.16. The van der Waals surface area contributed by atoms with Gasteiger partial charge in [-0.2, -0.15) is 0 Å². The second kappa shape index (κ2) is 8.02. The lowest BCUT2D eigenvalue weighted by molar-refractivity contribution is -0.122. The van der Waals surface area contributed by atoms with Crippen LogP contribution in [-0.4, -0.2) is 17.9 Å². The first-order valence-electron chi connectivity index (χ1n) is 8.10. The first-order valence-corrected chi connectivity index (χ1v) is 8.10. The van der Waals surface area contributed by atoms with Crippen LogP contribution in [0.4, 0.5) is 11.4 Å². The van der Waals surface area contributed by atoms with Crippen LogP contribution in [-0.2, 0) is 4.79 Å². The van der Waals surface area contributed by atoms with Crippen LogP contribution in [0.2, 0.25) is 0 Å². The topological polar surface area (TPSA) is 80.6 Å². The number of ether oxygens (including phenoxy) is 1. The van der Waals surface area contributed by atoms with Crippen molar-refractivity contribution < 1.29 is 18.7 Å². The van der Waals surface area contributed by atoms with Gasteiger partial charge in [-0.15, -0.1) is 0 Å². The average Bonchev–Trinajstić information content (AvgIpc) is 3.19. The third-order valence-electron chi connectivity index (χ3n) is 3.60. The van der Waals surface area contributed by atoms with Crippen molar-refractivity contribution in [2.24, 2.45) is 0 Å². The predicted molar refractivity (Wildman–Crippen MR) is 98.3 cm³/mol. The van der Waals surface area contributed by atoms with E-state index in [4.69, 9.17) is 9.15 Å². The highest BCUT2D eigenvalue weighted by atomic mass is 16.5. The monoisotopic (exact) mass is 350 g/mol. The van der Waals surface area contributed by atoms with E-state index in [1.807, 2.05) is 18.2 Å². The van der Waals surface area contributed by atoms with Crippen molar-refractivity contribution in [2.75, 3.05) is 10.6 Å². The molecule has 3 rings (SSSR count). The van der Waals surface area contributed by atoms with Gasteiger partial charge in [-0.3, -0.25) is 9.59 Å². The number of hydrogen-bond acceptors (Lipinski definition) is 4. The molecule has 0 unspecified atom stereocenters. The van der Waals surface area contributed by atoms with E-state index in [1.54, 1.807) is 55.5 Å². The number of para-hydroxylation sites is 3. The number of hydrogen-bond donors (Lipinski definition) is 2. The summed E-state index contributed by atoms with van der Waals surface area (Å²) in [5.41, 5.74) is 0.940. The zero-order valence-electron chi connectivity index (χ0n) is 14.1. The van der Waals surface area contributed by atoms with Gasteiger partial charge in [0.2, 0.25) is 0 Å². The maximum absolute atomic E-state index is 12.4. The van der Waals surface area contributed by atoms with Gasteiger partial charge in [0.15, 0.2) is 11.9 Å². The Morgan fingerprint density at radius 3 is 2.19 bits per heavy atom. The molecular formula is C20H18N2O4. The smallest absolute Gasteiger partial charge is 0.291 e. The summed E-state index contributed by atoms with van der Waals surface area (Å²) in [6.45, 7) is 1.66. The standard InChI is InChI=1S/C20H18N2O4/c1-14(26-15-8-3-2-4-9-15)19(23)21-16-10-5-6-11-17(16)22-20(24)18-12-7-13-25-18/h2-14H,1H3,(H,21,23)(H,22,24)/t14-/m1/s1. The Balaban J connectivity index is 1.67. The molecule has 0 saturated heterocycles. The number of carbonyl (C=O) groups excluding carboxylic acids is 2. The predicted octanol–water partition coefficient (Wildman–Crippen LogP) is 3.94. The Morgan fingerprint density at radius 2 is 1.54 bits per heavy atom. The highest BCUT2D eigenvalue weighted by Crippen LogP contribution is 2.22. The molecule has 1 aromatic heterocycles.